The maximum atomic E-state index is 14.5. The SMILES string of the molecule is C=N/C=C\n1c([C@@H]2CCCN(C(=O)C(N)=O)C2)nc(-c2ccc(Oc3cccc(OC)c3F)cc2)c1C. The molecule has 1 fully saturated rings. The molecule has 1 atom stereocenters. The number of piperidine rings is 1. The largest absolute Gasteiger partial charge is 0.494 e. The van der Waals surface area contributed by atoms with Crippen LogP contribution < -0.4 is 15.2 Å². The van der Waals surface area contributed by atoms with Crippen molar-refractivity contribution in [1.82, 2.24) is 14.5 Å². The molecule has 3 aromatic rings. The molecule has 4 rings (SSSR count). The molecule has 0 saturated carbocycles. The molecular formula is C27H28FN5O4. The summed E-state index contributed by atoms with van der Waals surface area (Å²) in [5.41, 5.74) is 7.64. The average Bonchev–Trinajstić information content (AvgIpc) is 3.24. The normalized spacial score (nSPS) is 15.5. The van der Waals surface area contributed by atoms with Gasteiger partial charge in [0.15, 0.2) is 11.5 Å². The molecule has 2 aromatic carbocycles. The Kier molecular flexibility index (Phi) is 7.66. The summed E-state index contributed by atoms with van der Waals surface area (Å²) in [7, 11) is 1.40. The smallest absolute Gasteiger partial charge is 0.311 e. The second-order valence-corrected chi connectivity index (χ2v) is 8.61. The van der Waals surface area contributed by atoms with Crippen LogP contribution in [-0.2, 0) is 9.59 Å². The van der Waals surface area contributed by atoms with Crippen molar-refractivity contribution in [3.63, 3.8) is 0 Å². The number of nitrogens with zero attached hydrogens (tertiary/aromatic N) is 4. The number of ether oxygens (including phenoxy) is 2. The van der Waals surface area contributed by atoms with Crippen LogP contribution >= 0.6 is 0 Å². The fourth-order valence-electron chi connectivity index (χ4n) is 4.46. The highest BCUT2D eigenvalue weighted by atomic mass is 19.1. The van der Waals surface area contributed by atoms with E-state index in [2.05, 4.69) is 11.7 Å². The number of primary amides is 1. The van der Waals surface area contributed by atoms with E-state index >= 15 is 0 Å². The summed E-state index contributed by atoms with van der Waals surface area (Å²) in [6, 6.07) is 11.9. The summed E-state index contributed by atoms with van der Waals surface area (Å²) in [6.07, 6.45) is 4.86. The Morgan fingerprint density at radius 2 is 1.95 bits per heavy atom. The van der Waals surface area contributed by atoms with Crippen molar-refractivity contribution in [2.45, 2.75) is 25.7 Å². The summed E-state index contributed by atoms with van der Waals surface area (Å²) in [5.74, 6) is -0.971. The molecular weight excluding hydrogens is 477 g/mol. The van der Waals surface area contributed by atoms with Gasteiger partial charge < -0.3 is 24.7 Å². The quantitative estimate of drug-likeness (QED) is 0.384. The molecule has 2 heterocycles. The number of halogens is 1. The standard InChI is InChI=1S/C27H28FN5O4/c1-17-24(18-9-11-20(12-10-18)37-22-8-4-7-21(36-3)23(22)28)31-26(33(17)15-13-30-2)19-6-5-14-32(16-19)27(35)25(29)34/h4,7-13,15,19H,2,5-6,14,16H2,1,3H3,(H2,29,34)/b15-13-/t19-/m1/s1. The van der Waals surface area contributed by atoms with Crippen molar-refractivity contribution in [2.75, 3.05) is 20.2 Å². The number of carbonyl (C=O) groups is 2. The molecule has 1 aromatic heterocycles. The Labute approximate surface area is 214 Å². The van der Waals surface area contributed by atoms with E-state index in [4.69, 9.17) is 20.2 Å². The molecule has 0 spiro atoms. The highest BCUT2D eigenvalue weighted by Gasteiger charge is 2.30. The zero-order valence-corrected chi connectivity index (χ0v) is 20.7. The average molecular weight is 506 g/mol. The van der Waals surface area contributed by atoms with Crippen LogP contribution in [0.25, 0.3) is 17.5 Å². The third kappa shape index (κ3) is 5.37. The Morgan fingerprint density at radius 3 is 2.62 bits per heavy atom. The van der Waals surface area contributed by atoms with Crippen LogP contribution in [0.2, 0.25) is 0 Å². The first-order valence-electron chi connectivity index (χ1n) is 11.7. The minimum Gasteiger partial charge on any atom is -0.494 e. The highest BCUT2D eigenvalue weighted by molar-refractivity contribution is 6.34. The first-order chi connectivity index (χ1) is 17.8. The van der Waals surface area contributed by atoms with Gasteiger partial charge in [-0.3, -0.25) is 14.6 Å². The Bertz CT molecular complexity index is 1350. The van der Waals surface area contributed by atoms with Crippen molar-refractivity contribution in [3.05, 3.63) is 66.0 Å². The monoisotopic (exact) mass is 505 g/mol. The third-order valence-electron chi connectivity index (χ3n) is 6.29. The number of benzene rings is 2. The van der Waals surface area contributed by atoms with Gasteiger partial charge in [-0.1, -0.05) is 6.07 Å². The van der Waals surface area contributed by atoms with Gasteiger partial charge in [0.2, 0.25) is 5.82 Å². The van der Waals surface area contributed by atoms with Crippen molar-refractivity contribution in [1.29, 1.82) is 0 Å². The lowest BCUT2D eigenvalue weighted by Crippen LogP contribution is -2.45. The lowest BCUT2D eigenvalue weighted by Gasteiger charge is -2.31. The second-order valence-electron chi connectivity index (χ2n) is 8.61. The van der Waals surface area contributed by atoms with Crippen LogP contribution in [0.4, 0.5) is 4.39 Å². The molecule has 0 bridgehead atoms. The molecule has 37 heavy (non-hydrogen) atoms. The minimum absolute atomic E-state index is 0.0595. The summed E-state index contributed by atoms with van der Waals surface area (Å²) >= 11 is 0. The van der Waals surface area contributed by atoms with Gasteiger partial charge in [0.1, 0.15) is 11.6 Å². The molecule has 192 valence electrons. The predicted molar refractivity (Wildman–Crippen MR) is 138 cm³/mol. The Balaban J connectivity index is 1.63. The summed E-state index contributed by atoms with van der Waals surface area (Å²) in [6.45, 7) is 6.26. The van der Waals surface area contributed by atoms with Crippen LogP contribution in [0.3, 0.4) is 0 Å². The molecule has 10 heteroatoms. The van der Waals surface area contributed by atoms with Gasteiger partial charge in [0.05, 0.1) is 12.8 Å². The van der Waals surface area contributed by atoms with Crippen LogP contribution in [0.5, 0.6) is 17.2 Å². The van der Waals surface area contributed by atoms with E-state index in [0.717, 1.165) is 35.6 Å². The molecule has 0 unspecified atom stereocenters. The molecule has 2 N–H and O–H groups in total. The first-order valence-corrected chi connectivity index (χ1v) is 11.7. The molecule has 1 saturated heterocycles. The molecule has 0 radical (unpaired) electrons. The van der Waals surface area contributed by atoms with E-state index in [0.29, 0.717) is 18.8 Å². The van der Waals surface area contributed by atoms with Gasteiger partial charge in [0, 0.05) is 42.7 Å². The zero-order chi connectivity index (χ0) is 26.5. The van der Waals surface area contributed by atoms with Gasteiger partial charge >= 0.3 is 11.8 Å². The zero-order valence-electron chi connectivity index (χ0n) is 20.7. The number of methoxy groups -OCH3 is 1. The highest BCUT2D eigenvalue weighted by Crippen LogP contribution is 2.34. The van der Waals surface area contributed by atoms with Gasteiger partial charge in [-0.15, -0.1) is 0 Å². The number of imidazole rings is 1. The van der Waals surface area contributed by atoms with Crippen molar-refractivity contribution < 1.29 is 23.5 Å². The summed E-state index contributed by atoms with van der Waals surface area (Å²) in [5, 5.41) is 0. The van der Waals surface area contributed by atoms with E-state index in [-0.39, 0.29) is 17.4 Å². The molecule has 1 aliphatic heterocycles. The summed E-state index contributed by atoms with van der Waals surface area (Å²) < 4.78 is 27.1. The number of likely N-dealkylation sites (tertiary alicyclic amines) is 1. The van der Waals surface area contributed by atoms with Crippen LogP contribution in [0, 0.1) is 12.7 Å². The predicted octanol–water partition coefficient (Wildman–Crippen LogP) is 4.12. The van der Waals surface area contributed by atoms with E-state index < -0.39 is 17.6 Å². The fourth-order valence-corrected chi connectivity index (χ4v) is 4.46. The second kappa shape index (κ2) is 11.1. The minimum atomic E-state index is -0.965. The lowest BCUT2D eigenvalue weighted by molar-refractivity contribution is -0.145. The number of hydrogen-bond acceptors (Lipinski definition) is 6. The number of carbonyl (C=O) groups excluding carboxylic acids is 2. The van der Waals surface area contributed by atoms with E-state index in [1.165, 1.54) is 24.1 Å². The summed E-state index contributed by atoms with van der Waals surface area (Å²) in [4.78, 5) is 33.8. The van der Waals surface area contributed by atoms with Gasteiger partial charge in [-0.05, 0) is 62.9 Å². The van der Waals surface area contributed by atoms with Crippen molar-refractivity contribution in [3.8, 4) is 28.5 Å². The molecule has 0 aliphatic carbocycles. The lowest BCUT2D eigenvalue weighted by atomic mass is 9.97. The Hall–Kier alpha value is -4.47. The van der Waals surface area contributed by atoms with Crippen LogP contribution in [0.1, 0.15) is 30.3 Å². The van der Waals surface area contributed by atoms with Crippen molar-refractivity contribution >= 4 is 24.7 Å². The van der Waals surface area contributed by atoms with Gasteiger partial charge in [0.25, 0.3) is 0 Å². The van der Waals surface area contributed by atoms with Crippen LogP contribution in [0.15, 0.2) is 53.7 Å². The van der Waals surface area contributed by atoms with Crippen molar-refractivity contribution in [2.24, 2.45) is 10.7 Å². The number of amides is 2. The molecule has 9 nitrogen and oxygen atoms in total. The van der Waals surface area contributed by atoms with Gasteiger partial charge in [-0.25, -0.2) is 4.98 Å². The number of rotatable bonds is 7. The Morgan fingerprint density at radius 1 is 1.22 bits per heavy atom. The van der Waals surface area contributed by atoms with E-state index in [1.807, 2.05) is 23.6 Å². The number of aliphatic imine (C=N–C) groups is 1. The van der Waals surface area contributed by atoms with Gasteiger partial charge in [-0.2, -0.15) is 4.39 Å². The maximum Gasteiger partial charge on any atom is 0.311 e. The maximum absolute atomic E-state index is 14.5. The number of aromatic nitrogens is 2. The first kappa shape index (κ1) is 25.6. The third-order valence-corrected chi connectivity index (χ3v) is 6.29. The number of nitrogens with two attached hydrogens (primary N) is 1. The van der Waals surface area contributed by atoms with E-state index in [9.17, 15) is 14.0 Å². The van der Waals surface area contributed by atoms with E-state index in [1.54, 1.807) is 30.6 Å². The molecule has 2 amide bonds. The fraction of sp³-hybridized carbons (Fsp3) is 0.259. The van der Waals surface area contributed by atoms with Crippen LogP contribution in [-0.4, -0.2) is 53.2 Å². The topological polar surface area (TPSA) is 112 Å². The number of hydrogen-bond donors (Lipinski definition) is 1. The molecule has 1 aliphatic rings.